The molecular formula is C28H39FN4O5S. The Kier molecular flexibility index (Phi) is 9.40. The number of hydrogen-bond donors (Lipinski definition) is 2. The maximum absolute atomic E-state index is 15.4. The number of ether oxygens (including phenoxy) is 2. The Bertz CT molecular complexity index is 1420. The van der Waals surface area contributed by atoms with Gasteiger partial charge in [0.1, 0.15) is 24.1 Å². The summed E-state index contributed by atoms with van der Waals surface area (Å²) in [6.45, 7) is 10.4. The first-order valence-corrected chi connectivity index (χ1v) is 14.3. The average Bonchev–Trinajstić information content (AvgIpc) is 2.83. The van der Waals surface area contributed by atoms with Crippen LogP contribution in [0.25, 0.3) is 10.9 Å². The van der Waals surface area contributed by atoms with Gasteiger partial charge < -0.3 is 19.9 Å². The van der Waals surface area contributed by atoms with E-state index >= 15 is 4.39 Å². The van der Waals surface area contributed by atoms with Crippen molar-refractivity contribution in [2.75, 3.05) is 32.6 Å². The summed E-state index contributed by atoms with van der Waals surface area (Å²) in [4.78, 5) is 9.09. The van der Waals surface area contributed by atoms with Crippen molar-refractivity contribution in [2.24, 2.45) is 0 Å². The summed E-state index contributed by atoms with van der Waals surface area (Å²) < 4.78 is 52.8. The summed E-state index contributed by atoms with van der Waals surface area (Å²) in [6, 6.07) is 8.17. The molecule has 3 aromatic rings. The number of rotatable bonds is 12. The van der Waals surface area contributed by atoms with Gasteiger partial charge in [0.05, 0.1) is 29.5 Å². The predicted octanol–water partition coefficient (Wildman–Crippen LogP) is 4.62. The molecule has 0 aliphatic rings. The quantitative estimate of drug-likeness (QED) is 0.329. The highest BCUT2D eigenvalue weighted by Gasteiger charge is 2.23. The second-order valence-corrected chi connectivity index (χ2v) is 13.2. The molecule has 1 heterocycles. The number of aromatic nitrogens is 2. The molecule has 0 fully saturated rings. The molecule has 0 unspecified atom stereocenters. The Labute approximate surface area is 230 Å². The Morgan fingerprint density at radius 1 is 1.15 bits per heavy atom. The van der Waals surface area contributed by atoms with E-state index in [4.69, 9.17) is 9.47 Å². The number of benzene rings is 2. The van der Waals surface area contributed by atoms with Gasteiger partial charge in [0.25, 0.3) is 0 Å². The Hall–Kier alpha value is -3.02. The molecule has 0 amide bonds. The molecule has 1 aromatic heterocycles. The third kappa shape index (κ3) is 7.34. The Morgan fingerprint density at radius 2 is 1.85 bits per heavy atom. The van der Waals surface area contributed by atoms with Crippen molar-refractivity contribution in [3.05, 3.63) is 53.1 Å². The van der Waals surface area contributed by atoms with Crippen molar-refractivity contribution >= 4 is 26.7 Å². The van der Waals surface area contributed by atoms with Crippen molar-refractivity contribution < 1.29 is 27.4 Å². The molecule has 0 bridgehead atoms. The number of likely N-dealkylation sites (N-methyl/N-ethyl adjacent to an activating group) is 1. The molecule has 214 valence electrons. The van der Waals surface area contributed by atoms with Crippen molar-refractivity contribution in [3.63, 3.8) is 0 Å². The van der Waals surface area contributed by atoms with Crippen LogP contribution in [0.15, 0.2) is 30.3 Å². The highest BCUT2D eigenvalue weighted by Crippen LogP contribution is 2.36. The molecular weight excluding hydrogens is 523 g/mol. The number of nitrogens with zero attached hydrogens (tertiary/aromatic N) is 3. The molecule has 9 nitrogen and oxygen atoms in total. The monoisotopic (exact) mass is 562 g/mol. The van der Waals surface area contributed by atoms with Gasteiger partial charge in [0.15, 0.2) is 11.5 Å². The zero-order chi connectivity index (χ0) is 29.1. The van der Waals surface area contributed by atoms with E-state index < -0.39 is 26.9 Å². The zero-order valence-electron chi connectivity index (χ0n) is 23.9. The maximum atomic E-state index is 15.4. The molecule has 3 rings (SSSR count). The summed E-state index contributed by atoms with van der Waals surface area (Å²) in [5.74, 6) is 1.48. The van der Waals surface area contributed by atoms with E-state index in [9.17, 15) is 13.5 Å². The van der Waals surface area contributed by atoms with Crippen molar-refractivity contribution in [2.45, 2.75) is 64.9 Å². The Morgan fingerprint density at radius 3 is 2.46 bits per heavy atom. The van der Waals surface area contributed by atoms with E-state index in [1.807, 2.05) is 6.92 Å². The third-order valence-electron chi connectivity index (χ3n) is 6.34. The fourth-order valence-electron chi connectivity index (χ4n) is 4.23. The molecule has 1 atom stereocenters. The minimum absolute atomic E-state index is 0.107. The summed E-state index contributed by atoms with van der Waals surface area (Å²) >= 11 is 0. The van der Waals surface area contributed by atoms with Gasteiger partial charge in [-0.25, -0.2) is 27.1 Å². The minimum Gasteiger partial charge on any atom is -0.493 e. The largest absolute Gasteiger partial charge is 0.493 e. The molecule has 2 N–H and O–H groups in total. The van der Waals surface area contributed by atoms with Crippen molar-refractivity contribution in [3.8, 4) is 11.5 Å². The lowest BCUT2D eigenvalue weighted by Crippen LogP contribution is -2.35. The summed E-state index contributed by atoms with van der Waals surface area (Å²) in [5.41, 5.74) is 0.444. The number of aryl methyl sites for hydroxylation is 1. The van der Waals surface area contributed by atoms with E-state index in [0.29, 0.717) is 45.2 Å². The lowest BCUT2D eigenvalue weighted by Gasteiger charge is -2.22. The highest BCUT2D eigenvalue weighted by atomic mass is 32.2. The molecule has 2 aromatic carbocycles. The van der Waals surface area contributed by atoms with Gasteiger partial charge in [-0.1, -0.05) is 18.2 Å². The number of hydrogen-bond acceptors (Lipinski definition) is 8. The van der Waals surface area contributed by atoms with E-state index in [1.54, 1.807) is 65.0 Å². The van der Waals surface area contributed by atoms with Crippen LogP contribution < -0.4 is 14.8 Å². The molecule has 0 aliphatic heterocycles. The van der Waals surface area contributed by atoms with E-state index in [1.165, 1.54) is 18.5 Å². The number of halogens is 1. The number of fused-ring (bicyclic) bond motifs is 1. The first-order chi connectivity index (χ1) is 18.1. The first-order valence-electron chi connectivity index (χ1n) is 12.8. The maximum Gasteiger partial charge on any atom is 0.216 e. The number of nitrogens with one attached hydrogen (secondary N) is 1. The standard InChI is InChI=1S/C28H39FN4O5S/c1-17(2)39(35,36)33(7)12-13-38-25-14-22-23(15-24(25)37-8)31-19(4)32-27(22)30-18(3)21-11-9-10-20(26(21)29)16-28(5,6)34/h9-11,14-15,17-18,34H,12-13,16H2,1-8H3,(H,30,31,32)/t18-/m1/s1. The van der Waals surface area contributed by atoms with Gasteiger partial charge in [0.2, 0.25) is 10.0 Å². The summed E-state index contributed by atoms with van der Waals surface area (Å²) in [7, 11) is -0.367. The zero-order valence-corrected chi connectivity index (χ0v) is 24.7. The molecule has 11 heteroatoms. The SMILES string of the molecule is COc1cc2nc(C)nc(N[C@H](C)c3cccc(CC(C)(C)O)c3F)c2cc1OCCN(C)S(=O)(=O)C(C)C. The highest BCUT2D eigenvalue weighted by molar-refractivity contribution is 7.89. The van der Waals surface area contributed by atoms with E-state index in [2.05, 4.69) is 15.3 Å². The average molecular weight is 563 g/mol. The second-order valence-electron chi connectivity index (χ2n) is 10.6. The van der Waals surface area contributed by atoms with Crippen LogP contribution in [0.2, 0.25) is 0 Å². The molecule has 0 aliphatic carbocycles. The van der Waals surface area contributed by atoms with Gasteiger partial charge in [-0.3, -0.25) is 0 Å². The predicted molar refractivity (Wildman–Crippen MR) is 151 cm³/mol. The number of aliphatic hydroxyl groups is 1. The van der Waals surface area contributed by atoms with Gasteiger partial charge >= 0.3 is 0 Å². The van der Waals surface area contributed by atoms with E-state index in [-0.39, 0.29) is 25.4 Å². The van der Waals surface area contributed by atoms with Crippen LogP contribution in [0.5, 0.6) is 11.5 Å². The van der Waals surface area contributed by atoms with Crippen LogP contribution in [-0.2, 0) is 16.4 Å². The van der Waals surface area contributed by atoms with Crippen LogP contribution in [-0.4, -0.2) is 66.0 Å². The third-order valence-corrected chi connectivity index (χ3v) is 8.58. The van der Waals surface area contributed by atoms with Crippen LogP contribution >= 0.6 is 0 Å². The van der Waals surface area contributed by atoms with Crippen molar-refractivity contribution in [1.82, 2.24) is 14.3 Å². The molecule has 0 spiro atoms. The molecule has 0 saturated carbocycles. The lowest BCUT2D eigenvalue weighted by atomic mass is 9.95. The summed E-state index contributed by atoms with van der Waals surface area (Å²) in [6.07, 6.45) is 0.184. The van der Waals surface area contributed by atoms with Gasteiger partial charge in [-0.05, 0) is 53.2 Å². The minimum atomic E-state index is -3.40. The van der Waals surface area contributed by atoms with Crippen molar-refractivity contribution in [1.29, 1.82) is 0 Å². The number of methoxy groups -OCH3 is 1. The normalized spacial score (nSPS) is 13.2. The smallest absolute Gasteiger partial charge is 0.216 e. The summed E-state index contributed by atoms with van der Waals surface area (Å²) in [5, 5.41) is 13.6. The molecule has 39 heavy (non-hydrogen) atoms. The van der Waals surface area contributed by atoms with Gasteiger partial charge in [-0.15, -0.1) is 0 Å². The number of sulfonamides is 1. The lowest BCUT2D eigenvalue weighted by molar-refractivity contribution is 0.0799. The van der Waals surface area contributed by atoms with Crippen LogP contribution in [0.3, 0.4) is 0 Å². The fourth-order valence-corrected chi connectivity index (χ4v) is 5.27. The number of anilines is 1. The van der Waals surface area contributed by atoms with Crippen LogP contribution in [0, 0.1) is 12.7 Å². The van der Waals surface area contributed by atoms with Crippen LogP contribution in [0.1, 0.15) is 57.6 Å². The van der Waals surface area contributed by atoms with Crippen LogP contribution in [0.4, 0.5) is 10.2 Å². The van der Waals surface area contributed by atoms with Gasteiger partial charge in [0, 0.05) is 37.0 Å². The Balaban J connectivity index is 1.92. The topological polar surface area (TPSA) is 114 Å². The molecule has 0 radical (unpaired) electrons. The second kappa shape index (κ2) is 12.0. The van der Waals surface area contributed by atoms with Gasteiger partial charge in [-0.2, -0.15) is 0 Å². The fraction of sp³-hybridized carbons (Fsp3) is 0.500. The first kappa shape index (κ1) is 30.5. The van der Waals surface area contributed by atoms with E-state index in [0.717, 1.165) is 0 Å². The molecule has 0 saturated heterocycles.